The smallest absolute Gasteiger partial charge is 0.196 e. The molecule has 0 radical (unpaired) electrons. The van der Waals surface area contributed by atoms with E-state index in [-0.39, 0.29) is 0 Å². The minimum atomic E-state index is 0.706. The van der Waals surface area contributed by atoms with Gasteiger partial charge in [0.25, 0.3) is 0 Å². The minimum Gasteiger partial charge on any atom is -0.353 e. The van der Waals surface area contributed by atoms with Gasteiger partial charge in [-0.1, -0.05) is 41.6 Å². The average molecular weight is 254 g/mol. The minimum absolute atomic E-state index is 0.706. The van der Waals surface area contributed by atoms with E-state index in [1.165, 1.54) is 11.3 Å². The fourth-order valence-electron chi connectivity index (χ4n) is 1.56. The molecule has 0 saturated carbocycles. The van der Waals surface area contributed by atoms with Crippen LogP contribution in [0.4, 0.5) is 0 Å². The van der Waals surface area contributed by atoms with Crippen LogP contribution in [-0.2, 0) is 0 Å². The summed E-state index contributed by atoms with van der Waals surface area (Å²) in [6.45, 7) is 0. The molecule has 4 heteroatoms. The Morgan fingerprint density at radius 3 is 2.78 bits per heavy atom. The number of rotatable bonds is 3. The number of benzene rings is 1. The van der Waals surface area contributed by atoms with Gasteiger partial charge in [0.1, 0.15) is 5.69 Å². The van der Waals surface area contributed by atoms with E-state index < -0.39 is 0 Å². The number of hydrogen-bond donors (Lipinski definition) is 0. The van der Waals surface area contributed by atoms with Crippen molar-refractivity contribution < 1.29 is 4.52 Å². The van der Waals surface area contributed by atoms with Crippen LogP contribution in [0.15, 0.2) is 52.5 Å². The molecular weight excluding hydrogens is 244 g/mol. The lowest BCUT2D eigenvalue weighted by atomic mass is 10.2. The summed E-state index contributed by atoms with van der Waals surface area (Å²) in [4.78, 5) is 4.18. The topological polar surface area (TPSA) is 38.9 Å². The maximum Gasteiger partial charge on any atom is 0.196 e. The van der Waals surface area contributed by atoms with Gasteiger partial charge in [-0.25, -0.2) is 4.98 Å². The molecule has 0 bridgehead atoms. The van der Waals surface area contributed by atoms with Gasteiger partial charge in [0.05, 0.1) is 0 Å². The SMILES string of the molecule is C(=C\c1cc(-c2nccs2)on1)/c1ccccc1. The summed E-state index contributed by atoms with van der Waals surface area (Å²) in [7, 11) is 0. The van der Waals surface area contributed by atoms with Gasteiger partial charge < -0.3 is 4.52 Å². The predicted octanol–water partition coefficient (Wildman–Crippen LogP) is 3.97. The zero-order chi connectivity index (χ0) is 12.2. The normalized spacial score (nSPS) is 11.1. The summed E-state index contributed by atoms with van der Waals surface area (Å²) in [6.07, 6.45) is 5.68. The van der Waals surface area contributed by atoms with Crippen molar-refractivity contribution in [2.75, 3.05) is 0 Å². The van der Waals surface area contributed by atoms with Gasteiger partial charge >= 0.3 is 0 Å². The van der Waals surface area contributed by atoms with E-state index in [0.717, 1.165) is 16.3 Å². The summed E-state index contributed by atoms with van der Waals surface area (Å²) in [5.41, 5.74) is 1.93. The van der Waals surface area contributed by atoms with Gasteiger partial charge in [-0.3, -0.25) is 0 Å². The highest BCUT2D eigenvalue weighted by Crippen LogP contribution is 2.22. The maximum absolute atomic E-state index is 5.24. The lowest BCUT2D eigenvalue weighted by Gasteiger charge is -1.88. The van der Waals surface area contributed by atoms with Gasteiger partial charge in [-0.15, -0.1) is 11.3 Å². The Hall–Kier alpha value is -2.20. The van der Waals surface area contributed by atoms with Crippen molar-refractivity contribution in [2.45, 2.75) is 0 Å². The lowest BCUT2D eigenvalue weighted by Crippen LogP contribution is -1.70. The Labute approximate surface area is 108 Å². The van der Waals surface area contributed by atoms with E-state index in [9.17, 15) is 0 Å². The molecule has 0 N–H and O–H groups in total. The fourth-order valence-corrected chi connectivity index (χ4v) is 2.14. The third-order valence-corrected chi connectivity index (χ3v) is 3.21. The van der Waals surface area contributed by atoms with Crippen molar-refractivity contribution in [1.82, 2.24) is 10.1 Å². The van der Waals surface area contributed by atoms with E-state index in [4.69, 9.17) is 4.52 Å². The first kappa shape index (κ1) is 10.9. The van der Waals surface area contributed by atoms with Gasteiger partial charge in [0, 0.05) is 17.6 Å². The van der Waals surface area contributed by atoms with E-state index in [0.29, 0.717) is 5.76 Å². The standard InChI is InChI=1S/C14H10N2OS/c1-2-4-11(5-3-1)6-7-12-10-13(17-16-12)14-15-8-9-18-14/h1-10H/b7-6+. The molecule has 3 nitrogen and oxygen atoms in total. The molecule has 88 valence electrons. The zero-order valence-corrected chi connectivity index (χ0v) is 10.3. The Bertz CT molecular complexity index is 642. The summed E-state index contributed by atoms with van der Waals surface area (Å²) in [5.74, 6) is 0.706. The number of aromatic nitrogens is 2. The molecule has 0 saturated heterocycles. The molecule has 0 aliphatic heterocycles. The largest absolute Gasteiger partial charge is 0.353 e. The van der Waals surface area contributed by atoms with Gasteiger partial charge in [0.15, 0.2) is 10.8 Å². The summed E-state index contributed by atoms with van der Waals surface area (Å²) in [5, 5.41) is 6.76. The lowest BCUT2D eigenvalue weighted by molar-refractivity contribution is 0.430. The molecule has 2 aromatic heterocycles. The van der Waals surface area contributed by atoms with Gasteiger partial charge in [-0.2, -0.15) is 0 Å². The first-order chi connectivity index (χ1) is 8.92. The van der Waals surface area contributed by atoms with Crippen LogP contribution in [-0.4, -0.2) is 10.1 Å². The van der Waals surface area contributed by atoms with E-state index in [2.05, 4.69) is 10.1 Å². The molecule has 0 spiro atoms. The Balaban J connectivity index is 1.80. The number of hydrogen-bond acceptors (Lipinski definition) is 4. The molecule has 1 aromatic carbocycles. The Morgan fingerprint density at radius 1 is 1.11 bits per heavy atom. The van der Waals surface area contributed by atoms with E-state index in [1.54, 1.807) is 6.20 Å². The summed E-state index contributed by atoms with van der Waals surface area (Å²) >= 11 is 1.53. The third-order valence-electron chi connectivity index (χ3n) is 2.42. The maximum atomic E-state index is 5.24. The van der Waals surface area contributed by atoms with Crippen molar-refractivity contribution in [3.8, 4) is 10.8 Å². The number of nitrogens with zero attached hydrogens (tertiary/aromatic N) is 2. The second kappa shape index (κ2) is 4.98. The predicted molar refractivity (Wildman–Crippen MR) is 73.0 cm³/mol. The molecular formula is C14H10N2OS. The van der Waals surface area contributed by atoms with E-state index in [1.807, 2.05) is 53.9 Å². The fraction of sp³-hybridized carbons (Fsp3) is 0. The van der Waals surface area contributed by atoms with Crippen LogP contribution in [0.1, 0.15) is 11.3 Å². The molecule has 0 amide bonds. The highest BCUT2D eigenvalue weighted by atomic mass is 32.1. The summed E-state index contributed by atoms with van der Waals surface area (Å²) in [6, 6.07) is 12.0. The molecule has 3 aromatic rings. The van der Waals surface area contributed by atoms with Crippen LogP contribution in [0.25, 0.3) is 22.9 Å². The molecule has 3 rings (SSSR count). The van der Waals surface area contributed by atoms with Crippen molar-refractivity contribution in [3.63, 3.8) is 0 Å². The quantitative estimate of drug-likeness (QED) is 0.710. The molecule has 0 atom stereocenters. The van der Waals surface area contributed by atoms with Crippen LogP contribution in [0.5, 0.6) is 0 Å². The monoisotopic (exact) mass is 254 g/mol. The first-order valence-corrected chi connectivity index (χ1v) is 6.39. The average Bonchev–Trinajstić information content (AvgIpc) is 3.08. The van der Waals surface area contributed by atoms with Crippen LogP contribution in [0, 0.1) is 0 Å². The van der Waals surface area contributed by atoms with Crippen LogP contribution in [0.3, 0.4) is 0 Å². The molecule has 2 heterocycles. The second-order valence-electron chi connectivity index (χ2n) is 3.70. The Morgan fingerprint density at radius 2 is 2.00 bits per heavy atom. The van der Waals surface area contributed by atoms with Crippen LogP contribution >= 0.6 is 11.3 Å². The third kappa shape index (κ3) is 2.38. The highest BCUT2D eigenvalue weighted by molar-refractivity contribution is 7.13. The Kier molecular flexibility index (Phi) is 3.02. The van der Waals surface area contributed by atoms with Gasteiger partial charge in [-0.05, 0) is 11.6 Å². The van der Waals surface area contributed by atoms with Crippen molar-refractivity contribution >= 4 is 23.5 Å². The zero-order valence-electron chi connectivity index (χ0n) is 9.48. The molecule has 0 aliphatic carbocycles. The summed E-state index contributed by atoms with van der Waals surface area (Å²) < 4.78 is 5.24. The number of thiazole rings is 1. The molecule has 0 aliphatic rings. The van der Waals surface area contributed by atoms with Crippen molar-refractivity contribution in [2.24, 2.45) is 0 Å². The highest BCUT2D eigenvalue weighted by Gasteiger charge is 2.06. The molecule has 0 fully saturated rings. The molecule has 0 unspecified atom stereocenters. The molecule has 18 heavy (non-hydrogen) atoms. The van der Waals surface area contributed by atoms with Crippen molar-refractivity contribution in [3.05, 3.63) is 59.2 Å². The first-order valence-electron chi connectivity index (χ1n) is 5.51. The van der Waals surface area contributed by atoms with Gasteiger partial charge in [0.2, 0.25) is 0 Å². The van der Waals surface area contributed by atoms with Crippen LogP contribution < -0.4 is 0 Å². The second-order valence-corrected chi connectivity index (χ2v) is 4.59. The van der Waals surface area contributed by atoms with Crippen LogP contribution in [0.2, 0.25) is 0 Å². The van der Waals surface area contributed by atoms with Crippen molar-refractivity contribution in [1.29, 1.82) is 0 Å². The van der Waals surface area contributed by atoms with E-state index >= 15 is 0 Å².